The molecule has 0 spiro atoms. The number of methoxy groups -OCH3 is 1. The van der Waals surface area contributed by atoms with Crippen LogP contribution in [0, 0.1) is 0 Å². The Kier molecular flexibility index (Phi) is 2.60. The average Bonchev–Trinajstić information content (AvgIpc) is 2.76. The summed E-state index contributed by atoms with van der Waals surface area (Å²) in [6.45, 7) is 0. The van der Waals surface area contributed by atoms with Crippen LogP contribution in [0.5, 0.6) is 5.75 Å². The molecule has 0 heterocycles. The van der Waals surface area contributed by atoms with Crippen molar-refractivity contribution in [2.24, 2.45) is 5.73 Å². The predicted molar refractivity (Wildman–Crippen MR) is 72.7 cm³/mol. The van der Waals surface area contributed by atoms with Crippen LogP contribution in [0.1, 0.15) is 16.7 Å². The van der Waals surface area contributed by atoms with E-state index in [9.17, 15) is 0 Å². The summed E-state index contributed by atoms with van der Waals surface area (Å²) in [4.78, 5) is 0. The number of fused-ring (bicyclic) bond motifs is 1. The van der Waals surface area contributed by atoms with Crippen molar-refractivity contribution in [3.8, 4) is 5.75 Å². The van der Waals surface area contributed by atoms with Gasteiger partial charge in [-0.05, 0) is 30.0 Å². The maximum Gasteiger partial charge on any atom is 0.123 e. The van der Waals surface area contributed by atoms with Crippen molar-refractivity contribution in [3.05, 3.63) is 65.2 Å². The number of para-hydroxylation sites is 1. The van der Waals surface area contributed by atoms with Crippen molar-refractivity contribution in [3.63, 3.8) is 0 Å². The molecule has 0 saturated heterocycles. The Morgan fingerprint density at radius 3 is 2.11 bits per heavy atom. The van der Waals surface area contributed by atoms with Gasteiger partial charge in [0.2, 0.25) is 0 Å². The standard InChI is InChI=1S/C16H17NO/c1-18-15-9-5-4-8-14(15)16(17)10-12-6-2-3-7-13(12)11-16/h2-9H,10-11,17H2,1H3. The number of rotatable bonds is 2. The Morgan fingerprint density at radius 2 is 1.50 bits per heavy atom. The maximum atomic E-state index is 6.63. The average molecular weight is 239 g/mol. The summed E-state index contributed by atoms with van der Waals surface area (Å²) in [5.74, 6) is 0.882. The highest BCUT2D eigenvalue weighted by Gasteiger charge is 2.36. The van der Waals surface area contributed by atoms with Gasteiger partial charge >= 0.3 is 0 Å². The summed E-state index contributed by atoms with van der Waals surface area (Å²) in [5.41, 5.74) is 10.1. The number of nitrogens with two attached hydrogens (primary N) is 1. The molecule has 0 saturated carbocycles. The quantitative estimate of drug-likeness (QED) is 0.874. The van der Waals surface area contributed by atoms with E-state index in [1.54, 1.807) is 7.11 Å². The molecule has 1 aliphatic carbocycles. The molecule has 0 atom stereocenters. The van der Waals surface area contributed by atoms with Crippen molar-refractivity contribution >= 4 is 0 Å². The highest BCUT2D eigenvalue weighted by atomic mass is 16.5. The lowest BCUT2D eigenvalue weighted by atomic mass is 9.87. The number of hydrogen-bond donors (Lipinski definition) is 1. The molecule has 0 aliphatic heterocycles. The van der Waals surface area contributed by atoms with Crippen molar-refractivity contribution in [1.82, 2.24) is 0 Å². The first-order valence-electron chi connectivity index (χ1n) is 6.22. The Hall–Kier alpha value is -1.80. The number of hydrogen-bond acceptors (Lipinski definition) is 2. The molecule has 18 heavy (non-hydrogen) atoms. The van der Waals surface area contributed by atoms with Crippen LogP contribution in [-0.4, -0.2) is 7.11 Å². The molecule has 3 rings (SSSR count). The van der Waals surface area contributed by atoms with Gasteiger partial charge in [-0.15, -0.1) is 0 Å². The molecule has 0 radical (unpaired) electrons. The summed E-state index contributed by atoms with van der Waals surface area (Å²) >= 11 is 0. The van der Waals surface area contributed by atoms with Gasteiger partial charge in [0.25, 0.3) is 0 Å². The van der Waals surface area contributed by atoms with E-state index in [4.69, 9.17) is 10.5 Å². The van der Waals surface area contributed by atoms with Gasteiger partial charge in [0.15, 0.2) is 0 Å². The summed E-state index contributed by atoms with van der Waals surface area (Å²) in [5, 5.41) is 0. The van der Waals surface area contributed by atoms with Crippen LogP contribution in [0.25, 0.3) is 0 Å². The van der Waals surface area contributed by atoms with E-state index in [0.717, 1.165) is 24.2 Å². The van der Waals surface area contributed by atoms with Crippen molar-refractivity contribution in [1.29, 1.82) is 0 Å². The van der Waals surface area contributed by atoms with Crippen LogP contribution in [0.15, 0.2) is 48.5 Å². The first kappa shape index (κ1) is 11.3. The lowest BCUT2D eigenvalue weighted by Crippen LogP contribution is -2.37. The lowest BCUT2D eigenvalue weighted by Gasteiger charge is -2.26. The van der Waals surface area contributed by atoms with Gasteiger partial charge in [-0.2, -0.15) is 0 Å². The SMILES string of the molecule is COc1ccccc1C1(N)Cc2ccccc2C1. The van der Waals surface area contributed by atoms with Crippen LogP contribution in [0.3, 0.4) is 0 Å². The third-order valence-electron chi connectivity index (χ3n) is 3.77. The fourth-order valence-corrected chi connectivity index (χ4v) is 2.89. The van der Waals surface area contributed by atoms with E-state index in [0.29, 0.717) is 0 Å². The minimum atomic E-state index is -0.337. The van der Waals surface area contributed by atoms with E-state index in [2.05, 4.69) is 30.3 Å². The third kappa shape index (κ3) is 1.70. The molecule has 2 aromatic rings. The first-order valence-corrected chi connectivity index (χ1v) is 6.22. The molecule has 2 nitrogen and oxygen atoms in total. The van der Waals surface area contributed by atoms with Gasteiger partial charge in [-0.3, -0.25) is 0 Å². The van der Waals surface area contributed by atoms with Crippen LogP contribution >= 0.6 is 0 Å². The van der Waals surface area contributed by atoms with E-state index in [1.807, 2.05) is 18.2 Å². The lowest BCUT2D eigenvalue weighted by molar-refractivity contribution is 0.382. The largest absolute Gasteiger partial charge is 0.496 e. The molecule has 2 heteroatoms. The minimum Gasteiger partial charge on any atom is -0.496 e. The zero-order chi connectivity index (χ0) is 12.6. The molecule has 2 aromatic carbocycles. The summed E-state index contributed by atoms with van der Waals surface area (Å²) in [7, 11) is 1.70. The highest BCUT2D eigenvalue weighted by molar-refractivity contribution is 5.46. The number of ether oxygens (including phenoxy) is 1. The second-order valence-electron chi connectivity index (χ2n) is 4.98. The molecule has 0 bridgehead atoms. The molecule has 0 unspecified atom stereocenters. The van der Waals surface area contributed by atoms with Crippen molar-refractivity contribution in [2.45, 2.75) is 18.4 Å². The van der Waals surface area contributed by atoms with Crippen molar-refractivity contribution in [2.75, 3.05) is 7.11 Å². The fourth-order valence-electron chi connectivity index (χ4n) is 2.89. The van der Waals surface area contributed by atoms with E-state index in [-0.39, 0.29) is 5.54 Å². The highest BCUT2D eigenvalue weighted by Crippen LogP contribution is 2.39. The Labute approximate surface area is 107 Å². The summed E-state index contributed by atoms with van der Waals surface area (Å²) in [6, 6.07) is 16.5. The zero-order valence-electron chi connectivity index (χ0n) is 10.5. The predicted octanol–water partition coefficient (Wildman–Crippen LogP) is 2.65. The van der Waals surface area contributed by atoms with Crippen LogP contribution in [0.2, 0.25) is 0 Å². The monoisotopic (exact) mass is 239 g/mol. The fraction of sp³-hybridized carbons (Fsp3) is 0.250. The van der Waals surface area contributed by atoms with Gasteiger partial charge in [-0.1, -0.05) is 42.5 Å². The molecule has 1 aliphatic rings. The van der Waals surface area contributed by atoms with Crippen LogP contribution in [-0.2, 0) is 18.4 Å². The topological polar surface area (TPSA) is 35.2 Å². The molecular weight excluding hydrogens is 222 g/mol. The smallest absolute Gasteiger partial charge is 0.123 e. The van der Waals surface area contributed by atoms with Crippen LogP contribution < -0.4 is 10.5 Å². The normalized spacial score (nSPS) is 16.3. The third-order valence-corrected chi connectivity index (χ3v) is 3.77. The molecule has 2 N–H and O–H groups in total. The molecule has 0 amide bonds. The van der Waals surface area contributed by atoms with Gasteiger partial charge in [0.1, 0.15) is 5.75 Å². The van der Waals surface area contributed by atoms with E-state index < -0.39 is 0 Å². The number of benzene rings is 2. The minimum absolute atomic E-state index is 0.337. The molecular formula is C16H17NO. The Balaban J connectivity index is 2.04. The molecule has 0 fully saturated rings. The Bertz CT molecular complexity index is 552. The zero-order valence-corrected chi connectivity index (χ0v) is 10.5. The van der Waals surface area contributed by atoms with Crippen LogP contribution in [0.4, 0.5) is 0 Å². The van der Waals surface area contributed by atoms with Gasteiger partial charge in [0, 0.05) is 5.56 Å². The Morgan fingerprint density at radius 1 is 0.944 bits per heavy atom. The van der Waals surface area contributed by atoms with Crippen molar-refractivity contribution < 1.29 is 4.74 Å². The molecule has 0 aromatic heterocycles. The first-order chi connectivity index (χ1) is 8.73. The maximum absolute atomic E-state index is 6.63. The second-order valence-corrected chi connectivity index (χ2v) is 4.98. The summed E-state index contributed by atoms with van der Waals surface area (Å²) < 4.78 is 5.44. The van der Waals surface area contributed by atoms with E-state index in [1.165, 1.54) is 11.1 Å². The van der Waals surface area contributed by atoms with E-state index >= 15 is 0 Å². The second kappa shape index (κ2) is 4.14. The van der Waals surface area contributed by atoms with Gasteiger partial charge in [0.05, 0.1) is 12.6 Å². The van der Waals surface area contributed by atoms with Gasteiger partial charge < -0.3 is 10.5 Å². The van der Waals surface area contributed by atoms with Gasteiger partial charge in [-0.25, -0.2) is 0 Å². The summed E-state index contributed by atoms with van der Waals surface area (Å²) in [6.07, 6.45) is 1.76. The molecule has 92 valence electrons.